The maximum atomic E-state index is 9.22. The highest BCUT2D eigenvalue weighted by Crippen LogP contribution is 2.28. The molecule has 1 heterocycles. The van der Waals surface area contributed by atoms with Crippen LogP contribution in [0.2, 0.25) is 0 Å². The summed E-state index contributed by atoms with van der Waals surface area (Å²) in [5, 5.41) is 12.7. The summed E-state index contributed by atoms with van der Waals surface area (Å²) in [6.45, 7) is 3.43. The molecule has 2 aliphatic rings. The van der Waals surface area contributed by atoms with Crippen molar-refractivity contribution in [2.75, 3.05) is 33.3 Å². The smallest absolute Gasteiger partial charge is 0.193 e. The number of aliphatic imine (C=N–C) groups is 1. The minimum absolute atomic E-state index is 0.358. The molecule has 0 aromatic rings. The van der Waals surface area contributed by atoms with Gasteiger partial charge in [-0.25, -0.2) is 0 Å². The maximum Gasteiger partial charge on any atom is 0.193 e. The van der Waals surface area contributed by atoms with Crippen molar-refractivity contribution >= 4 is 5.96 Å². The van der Waals surface area contributed by atoms with E-state index in [0.717, 1.165) is 32.0 Å². The van der Waals surface area contributed by atoms with E-state index in [4.69, 9.17) is 0 Å². The van der Waals surface area contributed by atoms with E-state index >= 15 is 0 Å². The second-order valence-electron chi connectivity index (χ2n) is 5.44. The summed E-state index contributed by atoms with van der Waals surface area (Å²) in [6, 6.07) is 0. The molecule has 0 spiro atoms. The molecule has 2 N–H and O–H groups in total. The molecule has 2 rings (SSSR count). The molecule has 0 saturated heterocycles. The molecule has 17 heavy (non-hydrogen) atoms. The van der Waals surface area contributed by atoms with Crippen molar-refractivity contribution in [2.24, 2.45) is 16.8 Å². The number of hydrogen-bond acceptors (Lipinski definition) is 4. The van der Waals surface area contributed by atoms with Gasteiger partial charge in [-0.15, -0.1) is 0 Å². The number of nitrogens with zero attached hydrogens (tertiary/aromatic N) is 2. The molecule has 1 aliphatic carbocycles. The zero-order valence-electron chi connectivity index (χ0n) is 10.9. The number of aliphatic hydroxyl groups is 1. The van der Waals surface area contributed by atoms with Gasteiger partial charge < -0.3 is 15.3 Å². The molecule has 1 saturated carbocycles. The molecule has 1 aliphatic heterocycles. The topological polar surface area (TPSA) is 47.9 Å². The third-order valence-electron chi connectivity index (χ3n) is 3.97. The van der Waals surface area contributed by atoms with Crippen molar-refractivity contribution in [2.45, 2.75) is 32.1 Å². The lowest BCUT2D eigenvalue weighted by molar-refractivity contribution is 0.161. The molecule has 0 radical (unpaired) electrons. The van der Waals surface area contributed by atoms with Crippen molar-refractivity contribution in [1.82, 2.24) is 10.2 Å². The summed E-state index contributed by atoms with van der Waals surface area (Å²) in [5.74, 6) is 2.29. The molecule has 0 aromatic heterocycles. The first kappa shape index (κ1) is 12.7. The number of nitrogens with one attached hydrogen (secondary N) is 1. The highest BCUT2D eigenvalue weighted by Gasteiger charge is 2.22. The van der Waals surface area contributed by atoms with Crippen LogP contribution in [0.5, 0.6) is 0 Å². The molecule has 1 fully saturated rings. The van der Waals surface area contributed by atoms with Crippen LogP contribution in [-0.2, 0) is 0 Å². The first-order chi connectivity index (χ1) is 8.29. The number of guanidine groups is 1. The van der Waals surface area contributed by atoms with E-state index in [2.05, 4.69) is 22.3 Å². The van der Waals surface area contributed by atoms with E-state index in [1.165, 1.54) is 25.7 Å². The van der Waals surface area contributed by atoms with Crippen LogP contribution in [0.4, 0.5) is 0 Å². The Morgan fingerprint density at radius 2 is 2.18 bits per heavy atom. The van der Waals surface area contributed by atoms with Crippen molar-refractivity contribution in [3.05, 3.63) is 0 Å². The van der Waals surface area contributed by atoms with Crippen molar-refractivity contribution in [3.8, 4) is 0 Å². The Morgan fingerprint density at radius 3 is 2.94 bits per heavy atom. The highest BCUT2D eigenvalue weighted by molar-refractivity contribution is 5.80. The fourth-order valence-corrected chi connectivity index (χ4v) is 2.90. The third-order valence-corrected chi connectivity index (χ3v) is 3.97. The van der Waals surface area contributed by atoms with Gasteiger partial charge in [-0.1, -0.05) is 6.42 Å². The molecule has 0 bridgehead atoms. The molecular weight excluding hydrogens is 214 g/mol. The monoisotopic (exact) mass is 239 g/mol. The molecule has 0 amide bonds. The maximum absolute atomic E-state index is 9.22. The summed E-state index contributed by atoms with van der Waals surface area (Å²) in [6.07, 6.45) is 6.09. The lowest BCUT2D eigenvalue weighted by Crippen LogP contribution is -2.44. The van der Waals surface area contributed by atoms with E-state index < -0.39 is 0 Å². The Hall–Kier alpha value is -0.770. The first-order valence-corrected chi connectivity index (χ1v) is 6.90. The predicted octanol–water partition coefficient (Wildman–Crippen LogP) is 1.07. The van der Waals surface area contributed by atoms with Crippen LogP contribution < -0.4 is 5.32 Å². The zero-order chi connectivity index (χ0) is 12.1. The summed E-state index contributed by atoms with van der Waals surface area (Å²) < 4.78 is 0. The molecule has 2 atom stereocenters. The average Bonchev–Trinajstić information content (AvgIpc) is 2.38. The predicted molar refractivity (Wildman–Crippen MR) is 70.1 cm³/mol. The van der Waals surface area contributed by atoms with E-state index in [0.29, 0.717) is 18.4 Å². The van der Waals surface area contributed by atoms with Crippen LogP contribution in [0.1, 0.15) is 32.1 Å². The average molecular weight is 239 g/mol. The summed E-state index contributed by atoms with van der Waals surface area (Å²) in [7, 11) is 2.10. The number of rotatable bonds is 3. The highest BCUT2D eigenvalue weighted by atomic mass is 16.3. The number of aliphatic hydroxyl groups excluding tert-OH is 1. The third kappa shape index (κ3) is 3.60. The minimum atomic E-state index is 0.358. The first-order valence-electron chi connectivity index (χ1n) is 6.90. The van der Waals surface area contributed by atoms with Crippen LogP contribution in [0.25, 0.3) is 0 Å². The zero-order valence-corrected chi connectivity index (χ0v) is 10.9. The Balaban J connectivity index is 1.75. The molecule has 0 unspecified atom stereocenters. The van der Waals surface area contributed by atoms with Gasteiger partial charge in [-0.3, -0.25) is 4.99 Å². The van der Waals surface area contributed by atoms with Gasteiger partial charge in [0, 0.05) is 33.3 Å². The van der Waals surface area contributed by atoms with Crippen LogP contribution >= 0.6 is 0 Å². The SMILES string of the molecule is CN1CCCN=C1NC[C@H]1CCC[C@@H](CO)C1. The second kappa shape index (κ2) is 6.24. The van der Waals surface area contributed by atoms with Gasteiger partial charge in [-0.2, -0.15) is 0 Å². The Bertz CT molecular complexity index is 267. The van der Waals surface area contributed by atoms with Crippen molar-refractivity contribution in [1.29, 1.82) is 0 Å². The summed E-state index contributed by atoms with van der Waals surface area (Å²) in [4.78, 5) is 6.72. The second-order valence-corrected chi connectivity index (χ2v) is 5.44. The summed E-state index contributed by atoms with van der Waals surface area (Å²) in [5.41, 5.74) is 0. The normalized spacial score (nSPS) is 30.0. The van der Waals surface area contributed by atoms with Crippen LogP contribution in [-0.4, -0.2) is 49.3 Å². The Kier molecular flexibility index (Phi) is 4.66. The lowest BCUT2D eigenvalue weighted by atomic mass is 9.82. The van der Waals surface area contributed by atoms with E-state index in [1.807, 2.05) is 0 Å². The van der Waals surface area contributed by atoms with Gasteiger partial charge in [-0.05, 0) is 37.5 Å². The molecule has 4 heteroatoms. The molecular formula is C13H25N3O. The minimum Gasteiger partial charge on any atom is -0.396 e. The van der Waals surface area contributed by atoms with Gasteiger partial charge >= 0.3 is 0 Å². The fraction of sp³-hybridized carbons (Fsp3) is 0.923. The largest absolute Gasteiger partial charge is 0.396 e. The van der Waals surface area contributed by atoms with Gasteiger partial charge in [0.05, 0.1) is 0 Å². The van der Waals surface area contributed by atoms with Gasteiger partial charge in [0.1, 0.15) is 0 Å². The van der Waals surface area contributed by atoms with E-state index in [-0.39, 0.29) is 0 Å². The lowest BCUT2D eigenvalue weighted by Gasteiger charge is -2.31. The fourth-order valence-electron chi connectivity index (χ4n) is 2.90. The van der Waals surface area contributed by atoms with Gasteiger partial charge in [0.25, 0.3) is 0 Å². The standard InChI is InChI=1S/C13H25N3O/c1-16-7-3-6-14-13(16)15-9-11-4-2-5-12(8-11)10-17/h11-12,17H,2-10H2,1H3,(H,14,15)/t11-,12+/m0/s1. The van der Waals surface area contributed by atoms with Crippen molar-refractivity contribution in [3.63, 3.8) is 0 Å². The summed E-state index contributed by atoms with van der Waals surface area (Å²) >= 11 is 0. The molecule has 0 aromatic carbocycles. The van der Waals surface area contributed by atoms with E-state index in [1.54, 1.807) is 0 Å². The molecule has 98 valence electrons. The van der Waals surface area contributed by atoms with Gasteiger partial charge in [0.15, 0.2) is 5.96 Å². The van der Waals surface area contributed by atoms with Gasteiger partial charge in [0.2, 0.25) is 0 Å². The van der Waals surface area contributed by atoms with Crippen LogP contribution in [0.15, 0.2) is 4.99 Å². The van der Waals surface area contributed by atoms with Crippen molar-refractivity contribution < 1.29 is 5.11 Å². The van der Waals surface area contributed by atoms with Crippen LogP contribution in [0, 0.1) is 11.8 Å². The number of hydrogen-bond donors (Lipinski definition) is 2. The van der Waals surface area contributed by atoms with Crippen LogP contribution in [0.3, 0.4) is 0 Å². The molecule has 4 nitrogen and oxygen atoms in total. The Morgan fingerprint density at radius 1 is 1.35 bits per heavy atom. The van der Waals surface area contributed by atoms with E-state index in [9.17, 15) is 5.11 Å². The quantitative estimate of drug-likeness (QED) is 0.774. The Labute approximate surface area is 104 Å².